The average Bonchev–Trinajstić information content (AvgIpc) is 2.76. The van der Waals surface area contributed by atoms with Gasteiger partial charge in [-0.05, 0) is 19.9 Å². The van der Waals surface area contributed by atoms with Gasteiger partial charge >= 0.3 is 0 Å². The third-order valence-corrected chi connectivity index (χ3v) is 4.31. The van der Waals surface area contributed by atoms with Crippen molar-refractivity contribution in [2.75, 3.05) is 6.61 Å². The smallest absolute Gasteiger partial charge is 0.157 e. The number of H-pyrrole nitrogens is 1. The van der Waals surface area contributed by atoms with Crippen LogP contribution in [0.3, 0.4) is 0 Å². The molecule has 3 aliphatic rings. The van der Waals surface area contributed by atoms with Crippen LogP contribution in [0.25, 0.3) is 11.5 Å². The number of rotatable bonds is 2. The molecule has 1 saturated heterocycles. The lowest BCUT2D eigenvalue weighted by Crippen LogP contribution is -2.32. The zero-order valence-electron chi connectivity index (χ0n) is 12.1. The number of fused-ring (bicyclic) bond motifs is 1. The van der Waals surface area contributed by atoms with Gasteiger partial charge in [-0.3, -0.25) is 0 Å². The molecule has 1 unspecified atom stereocenters. The van der Waals surface area contributed by atoms with E-state index >= 15 is 0 Å². The maximum Gasteiger partial charge on any atom is 0.157 e. The van der Waals surface area contributed by atoms with Crippen LogP contribution in [-0.4, -0.2) is 55.2 Å². The van der Waals surface area contributed by atoms with Crippen LogP contribution in [0.2, 0.25) is 0 Å². The first-order valence-electron chi connectivity index (χ1n) is 6.93. The van der Waals surface area contributed by atoms with E-state index in [0.717, 1.165) is 11.4 Å². The molecule has 8 heteroatoms. The standard InChI is InChI=1S/C14H17N3O4S/c1-5-6(2)16-13-8(15-5)3-7(14(22)17-13)12-11(20)10(19)9(4-18)21-12/h3,9-12,18-20H,4H2,1-2H3,(H,16,17,22)/t9-,10?,11+,12+/m1/s1. The average molecular weight is 323 g/mol. The normalized spacial score (nSPS) is 28.4. The van der Waals surface area contributed by atoms with E-state index in [2.05, 4.69) is 15.0 Å². The predicted molar refractivity (Wildman–Crippen MR) is 80.0 cm³/mol. The second-order valence-electron chi connectivity index (χ2n) is 5.46. The van der Waals surface area contributed by atoms with Gasteiger partial charge in [-0.25, -0.2) is 9.97 Å². The Morgan fingerprint density at radius 2 is 2.00 bits per heavy atom. The van der Waals surface area contributed by atoms with Crippen molar-refractivity contribution in [2.45, 2.75) is 38.3 Å². The molecule has 0 spiro atoms. The van der Waals surface area contributed by atoms with Crippen LogP contribution in [-0.2, 0) is 4.74 Å². The Hall–Kier alpha value is -1.45. The molecule has 0 aliphatic carbocycles. The molecule has 0 aromatic rings. The van der Waals surface area contributed by atoms with Gasteiger partial charge in [0, 0.05) is 11.3 Å². The lowest BCUT2D eigenvalue weighted by atomic mass is 10.0. The van der Waals surface area contributed by atoms with Crippen molar-refractivity contribution < 1.29 is 20.1 Å². The SMILES string of the molecule is Cc1nc2cc([C@@H]3O[C@H](CO)C(O)[C@@H]3O)c(=S)nc-2[nH]c1C. The Bertz CT molecular complexity index is 735. The van der Waals surface area contributed by atoms with E-state index < -0.39 is 24.4 Å². The number of nitrogens with zero attached hydrogens (tertiary/aromatic N) is 2. The van der Waals surface area contributed by atoms with Crippen molar-refractivity contribution in [2.24, 2.45) is 0 Å². The van der Waals surface area contributed by atoms with Gasteiger partial charge in [0.05, 0.1) is 12.3 Å². The fourth-order valence-electron chi connectivity index (χ4n) is 2.57. The van der Waals surface area contributed by atoms with Crippen LogP contribution in [0.5, 0.6) is 0 Å². The summed E-state index contributed by atoms with van der Waals surface area (Å²) < 4.78 is 5.78. The van der Waals surface area contributed by atoms with E-state index in [9.17, 15) is 15.3 Å². The molecule has 0 amide bonds. The van der Waals surface area contributed by atoms with Crippen LogP contribution in [0.1, 0.15) is 23.1 Å². The van der Waals surface area contributed by atoms with Gasteiger partial charge in [-0.1, -0.05) is 12.2 Å². The number of pyridine rings is 1. The summed E-state index contributed by atoms with van der Waals surface area (Å²) in [4.78, 5) is 11.9. The number of hydrogen-bond donors (Lipinski definition) is 4. The van der Waals surface area contributed by atoms with E-state index in [-0.39, 0.29) is 11.2 Å². The first-order chi connectivity index (χ1) is 10.4. The summed E-state index contributed by atoms with van der Waals surface area (Å²) in [7, 11) is 0. The number of aromatic amines is 1. The minimum atomic E-state index is -1.17. The molecule has 0 aromatic carbocycles. The van der Waals surface area contributed by atoms with E-state index in [1.807, 2.05) is 13.8 Å². The number of aromatic nitrogens is 3. The molecule has 118 valence electrons. The summed E-state index contributed by atoms with van der Waals surface area (Å²) in [5.41, 5.74) is 2.81. The fraction of sp³-hybridized carbons (Fsp3) is 0.500. The second-order valence-corrected chi connectivity index (χ2v) is 5.84. The van der Waals surface area contributed by atoms with Gasteiger partial charge < -0.3 is 25.0 Å². The highest BCUT2D eigenvalue weighted by molar-refractivity contribution is 7.71. The van der Waals surface area contributed by atoms with Crippen LogP contribution >= 0.6 is 12.2 Å². The minimum absolute atomic E-state index is 0.267. The number of hydrogen-bond acceptors (Lipinski definition) is 7. The number of aliphatic hydroxyl groups excluding tert-OH is 3. The minimum Gasteiger partial charge on any atom is -0.394 e. The Balaban J connectivity index is 2.09. The maximum absolute atomic E-state index is 10.1. The summed E-state index contributed by atoms with van der Waals surface area (Å²) in [6.45, 7) is 3.39. The molecule has 7 nitrogen and oxygen atoms in total. The van der Waals surface area contributed by atoms with E-state index in [1.165, 1.54) is 0 Å². The molecule has 3 rings (SSSR count). The van der Waals surface area contributed by atoms with Gasteiger partial charge in [-0.15, -0.1) is 0 Å². The molecule has 4 atom stereocenters. The van der Waals surface area contributed by atoms with Crippen molar-refractivity contribution in [1.29, 1.82) is 0 Å². The Morgan fingerprint density at radius 1 is 1.27 bits per heavy atom. The van der Waals surface area contributed by atoms with Crippen LogP contribution < -0.4 is 0 Å². The third kappa shape index (κ3) is 2.42. The molecule has 3 heterocycles. The maximum atomic E-state index is 10.1. The Morgan fingerprint density at radius 3 is 2.64 bits per heavy atom. The highest BCUT2D eigenvalue weighted by Crippen LogP contribution is 2.35. The third-order valence-electron chi connectivity index (χ3n) is 3.98. The monoisotopic (exact) mass is 323 g/mol. The van der Waals surface area contributed by atoms with Gasteiger partial charge in [-0.2, -0.15) is 0 Å². The quantitative estimate of drug-likeness (QED) is 0.592. The topological polar surface area (TPSA) is 111 Å². The summed E-state index contributed by atoms with van der Waals surface area (Å²) >= 11 is 5.26. The molecule has 22 heavy (non-hydrogen) atoms. The van der Waals surface area contributed by atoms with Crippen molar-refractivity contribution >= 4 is 12.2 Å². The summed E-state index contributed by atoms with van der Waals surface area (Å²) in [5, 5.41) is 29.2. The second kappa shape index (κ2) is 5.64. The molecule has 0 bridgehead atoms. The Labute approximate surface area is 132 Å². The zero-order chi connectivity index (χ0) is 16.0. The number of nitrogens with one attached hydrogen (secondary N) is 1. The highest BCUT2D eigenvalue weighted by Gasteiger charge is 2.43. The number of aryl methyl sites for hydroxylation is 2. The highest BCUT2D eigenvalue weighted by atomic mass is 32.1. The molecule has 1 fully saturated rings. The van der Waals surface area contributed by atoms with Crippen LogP contribution in [0.15, 0.2) is 6.07 Å². The van der Waals surface area contributed by atoms with E-state index in [0.29, 0.717) is 17.1 Å². The molecular weight excluding hydrogens is 306 g/mol. The summed E-state index contributed by atoms with van der Waals surface area (Å²) in [6.07, 6.45) is -4.02. The fourth-order valence-corrected chi connectivity index (χ4v) is 2.84. The summed E-state index contributed by atoms with van der Waals surface area (Å²) in [6, 6.07) is 1.70. The molecule has 0 saturated carbocycles. The summed E-state index contributed by atoms with van der Waals surface area (Å²) in [5.74, 6) is 0.559. The Kier molecular flexibility index (Phi) is 3.96. The van der Waals surface area contributed by atoms with E-state index in [4.69, 9.17) is 17.0 Å². The van der Waals surface area contributed by atoms with E-state index in [1.54, 1.807) is 6.07 Å². The van der Waals surface area contributed by atoms with Crippen molar-refractivity contribution in [3.05, 3.63) is 27.7 Å². The van der Waals surface area contributed by atoms with Crippen LogP contribution in [0.4, 0.5) is 0 Å². The molecule has 0 aromatic heterocycles. The van der Waals surface area contributed by atoms with Crippen molar-refractivity contribution in [3.8, 4) is 11.5 Å². The van der Waals surface area contributed by atoms with Gasteiger partial charge in [0.15, 0.2) is 5.82 Å². The molecule has 4 N–H and O–H groups in total. The number of aliphatic hydroxyl groups is 3. The first-order valence-corrected chi connectivity index (χ1v) is 7.34. The largest absolute Gasteiger partial charge is 0.394 e. The van der Waals surface area contributed by atoms with Crippen LogP contribution in [0, 0.1) is 18.5 Å². The zero-order valence-corrected chi connectivity index (χ0v) is 13.0. The predicted octanol–water partition coefficient (Wildman–Crippen LogP) is 0.410. The molecule has 3 aliphatic heterocycles. The number of ether oxygens (including phenoxy) is 1. The lowest BCUT2D eigenvalue weighted by Gasteiger charge is -2.17. The van der Waals surface area contributed by atoms with Gasteiger partial charge in [0.2, 0.25) is 0 Å². The first kappa shape index (κ1) is 15.4. The van der Waals surface area contributed by atoms with Crippen molar-refractivity contribution in [1.82, 2.24) is 15.0 Å². The lowest BCUT2D eigenvalue weighted by molar-refractivity contribution is -0.0229. The van der Waals surface area contributed by atoms with Gasteiger partial charge in [0.1, 0.15) is 34.8 Å². The molecular formula is C14H17N3O4S. The molecule has 0 radical (unpaired) electrons. The van der Waals surface area contributed by atoms with Crippen molar-refractivity contribution in [3.63, 3.8) is 0 Å². The van der Waals surface area contributed by atoms with Gasteiger partial charge in [0.25, 0.3) is 0 Å².